The number of aryl methyl sites for hydroxylation is 2. The third kappa shape index (κ3) is 5.85. The summed E-state index contributed by atoms with van der Waals surface area (Å²) in [6.45, 7) is 2.07. The van der Waals surface area contributed by atoms with E-state index >= 15 is 0 Å². The van der Waals surface area contributed by atoms with Crippen molar-refractivity contribution in [1.29, 1.82) is 0 Å². The Kier molecular flexibility index (Phi) is 6.78. The minimum Gasteiger partial charge on any atom is -0.481 e. The molecule has 0 amide bonds. The highest BCUT2D eigenvalue weighted by Gasteiger charge is 2.04. The van der Waals surface area contributed by atoms with Gasteiger partial charge < -0.3 is 5.11 Å². The summed E-state index contributed by atoms with van der Waals surface area (Å²) < 4.78 is 1.84. The molecule has 2 rings (SSSR count). The van der Waals surface area contributed by atoms with Crippen LogP contribution in [0.15, 0.2) is 30.5 Å². The van der Waals surface area contributed by atoms with Crippen molar-refractivity contribution in [2.75, 3.05) is 0 Å². The van der Waals surface area contributed by atoms with Crippen LogP contribution in [0.1, 0.15) is 56.2 Å². The van der Waals surface area contributed by atoms with E-state index in [0.717, 1.165) is 56.3 Å². The van der Waals surface area contributed by atoms with Gasteiger partial charge in [0.2, 0.25) is 0 Å². The van der Waals surface area contributed by atoms with Crippen molar-refractivity contribution in [1.82, 2.24) is 15.0 Å². The SMILES string of the molecule is Cc1ccccc1-n1cc(CCCCCCCCC(=O)O)nn1. The molecule has 0 unspecified atom stereocenters. The van der Waals surface area contributed by atoms with E-state index in [4.69, 9.17) is 5.11 Å². The highest BCUT2D eigenvalue weighted by Crippen LogP contribution is 2.14. The predicted octanol–water partition coefficient (Wildman–Crippen LogP) is 3.93. The molecule has 1 N–H and O–H groups in total. The van der Waals surface area contributed by atoms with Gasteiger partial charge in [0.15, 0.2) is 0 Å². The number of para-hydroxylation sites is 1. The van der Waals surface area contributed by atoms with Crippen LogP contribution in [0.3, 0.4) is 0 Å². The Bertz CT molecular complexity index is 622. The van der Waals surface area contributed by atoms with Crippen LogP contribution in [0, 0.1) is 6.92 Å². The highest BCUT2D eigenvalue weighted by atomic mass is 16.4. The van der Waals surface area contributed by atoms with Crippen molar-refractivity contribution in [3.8, 4) is 5.69 Å². The lowest BCUT2D eigenvalue weighted by molar-refractivity contribution is -0.137. The van der Waals surface area contributed by atoms with Gasteiger partial charge in [-0.3, -0.25) is 4.79 Å². The molecule has 0 aliphatic heterocycles. The van der Waals surface area contributed by atoms with Gasteiger partial charge in [0.25, 0.3) is 0 Å². The summed E-state index contributed by atoms with van der Waals surface area (Å²) >= 11 is 0. The second kappa shape index (κ2) is 9.08. The van der Waals surface area contributed by atoms with Gasteiger partial charge in [-0.25, -0.2) is 4.68 Å². The molecule has 23 heavy (non-hydrogen) atoms. The molecule has 1 heterocycles. The maximum absolute atomic E-state index is 10.4. The van der Waals surface area contributed by atoms with E-state index in [1.54, 1.807) is 0 Å². The third-order valence-corrected chi connectivity index (χ3v) is 3.98. The molecule has 0 saturated carbocycles. The Morgan fingerprint density at radius 2 is 1.78 bits per heavy atom. The minimum absolute atomic E-state index is 0.294. The van der Waals surface area contributed by atoms with Gasteiger partial charge in [-0.1, -0.05) is 49.1 Å². The van der Waals surface area contributed by atoms with Crippen LogP contribution in [0.4, 0.5) is 0 Å². The zero-order valence-electron chi connectivity index (χ0n) is 13.7. The Labute approximate surface area is 137 Å². The summed E-state index contributed by atoms with van der Waals surface area (Å²) in [6.07, 6.45) is 9.58. The van der Waals surface area contributed by atoms with Gasteiger partial charge in [-0.2, -0.15) is 0 Å². The van der Waals surface area contributed by atoms with Gasteiger partial charge in [0, 0.05) is 6.42 Å². The fourth-order valence-corrected chi connectivity index (χ4v) is 2.64. The van der Waals surface area contributed by atoms with E-state index in [0.29, 0.717) is 6.42 Å². The molecule has 1 aromatic heterocycles. The third-order valence-electron chi connectivity index (χ3n) is 3.98. The number of aromatic nitrogens is 3. The molecule has 0 spiro atoms. The molecule has 1 aromatic carbocycles. The molecule has 5 heteroatoms. The maximum atomic E-state index is 10.4. The lowest BCUT2D eigenvalue weighted by Gasteiger charge is -2.03. The van der Waals surface area contributed by atoms with Crippen molar-refractivity contribution in [2.45, 2.75) is 58.3 Å². The summed E-state index contributed by atoms with van der Waals surface area (Å²) in [5, 5.41) is 17.0. The highest BCUT2D eigenvalue weighted by molar-refractivity contribution is 5.66. The van der Waals surface area contributed by atoms with Crippen molar-refractivity contribution in [3.05, 3.63) is 41.7 Å². The zero-order chi connectivity index (χ0) is 16.5. The Morgan fingerprint density at radius 3 is 2.52 bits per heavy atom. The Balaban J connectivity index is 1.66. The summed E-state index contributed by atoms with van der Waals surface area (Å²) in [5.74, 6) is -0.693. The number of nitrogens with zero attached hydrogens (tertiary/aromatic N) is 3. The van der Waals surface area contributed by atoms with Crippen LogP contribution >= 0.6 is 0 Å². The van der Waals surface area contributed by atoms with Crippen LogP contribution < -0.4 is 0 Å². The van der Waals surface area contributed by atoms with Crippen LogP contribution in [0.5, 0.6) is 0 Å². The normalized spacial score (nSPS) is 10.8. The largest absolute Gasteiger partial charge is 0.481 e. The Morgan fingerprint density at radius 1 is 1.09 bits per heavy atom. The molecular formula is C18H25N3O2. The van der Waals surface area contributed by atoms with E-state index in [1.807, 2.05) is 29.1 Å². The lowest BCUT2D eigenvalue weighted by Crippen LogP contribution is -1.97. The van der Waals surface area contributed by atoms with E-state index < -0.39 is 5.97 Å². The quantitative estimate of drug-likeness (QED) is 0.674. The van der Waals surface area contributed by atoms with Crippen LogP contribution in [-0.4, -0.2) is 26.1 Å². The number of carboxylic acid groups (broad SMARTS) is 1. The maximum Gasteiger partial charge on any atom is 0.303 e. The average Bonchev–Trinajstić information content (AvgIpc) is 2.98. The molecule has 0 fully saturated rings. The minimum atomic E-state index is -0.693. The van der Waals surface area contributed by atoms with Crippen molar-refractivity contribution in [2.24, 2.45) is 0 Å². The van der Waals surface area contributed by atoms with Gasteiger partial charge >= 0.3 is 5.97 Å². The smallest absolute Gasteiger partial charge is 0.303 e. The molecule has 0 bridgehead atoms. The number of unbranched alkanes of at least 4 members (excludes halogenated alkanes) is 5. The monoisotopic (exact) mass is 315 g/mol. The van der Waals surface area contributed by atoms with Gasteiger partial charge in [-0.15, -0.1) is 5.10 Å². The second-order valence-corrected chi connectivity index (χ2v) is 5.96. The predicted molar refractivity (Wildman–Crippen MR) is 89.8 cm³/mol. The first-order valence-electron chi connectivity index (χ1n) is 8.36. The second-order valence-electron chi connectivity index (χ2n) is 5.96. The first-order chi connectivity index (χ1) is 11.2. The lowest BCUT2D eigenvalue weighted by atomic mass is 10.1. The Hall–Kier alpha value is -2.17. The van der Waals surface area contributed by atoms with E-state index in [2.05, 4.69) is 23.3 Å². The fourth-order valence-electron chi connectivity index (χ4n) is 2.64. The van der Waals surface area contributed by atoms with Crippen molar-refractivity contribution in [3.63, 3.8) is 0 Å². The number of carboxylic acids is 1. The molecule has 124 valence electrons. The molecule has 0 aliphatic carbocycles. The average molecular weight is 315 g/mol. The molecule has 0 radical (unpaired) electrons. The van der Waals surface area contributed by atoms with Crippen molar-refractivity contribution >= 4 is 5.97 Å². The van der Waals surface area contributed by atoms with Crippen molar-refractivity contribution < 1.29 is 9.90 Å². The van der Waals surface area contributed by atoms with Gasteiger partial charge in [-0.05, 0) is 37.8 Å². The summed E-state index contributed by atoms with van der Waals surface area (Å²) in [4.78, 5) is 10.4. The first-order valence-corrected chi connectivity index (χ1v) is 8.36. The number of carbonyl (C=O) groups is 1. The number of rotatable bonds is 10. The summed E-state index contributed by atoms with van der Waals surface area (Å²) in [6, 6.07) is 8.15. The molecule has 0 saturated heterocycles. The number of hydrogen-bond acceptors (Lipinski definition) is 3. The fraction of sp³-hybridized carbons (Fsp3) is 0.500. The molecular weight excluding hydrogens is 290 g/mol. The van der Waals surface area contributed by atoms with E-state index in [1.165, 1.54) is 5.56 Å². The van der Waals surface area contributed by atoms with Gasteiger partial charge in [0.1, 0.15) is 0 Å². The molecule has 0 atom stereocenters. The molecule has 5 nitrogen and oxygen atoms in total. The topological polar surface area (TPSA) is 68.0 Å². The number of hydrogen-bond donors (Lipinski definition) is 1. The number of benzene rings is 1. The van der Waals surface area contributed by atoms with E-state index in [9.17, 15) is 4.79 Å². The summed E-state index contributed by atoms with van der Waals surface area (Å²) in [5.41, 5.74) is 3.29. The zero-order valence-corrected chi connectivity index (χ0v) is 13.7. The van der Waals surface area contributed by atoms with Gasteiger partial charge in [0.05, 0.1) is 17.6 Å². The van der Waals surface area contributed by atoms with Crippen LogP contribution in [0.25, 0.3) is 5.69 Å². The first kappa shape index (κ1) is 17.2. The molecule has 0 aliphatic rings. The molecule has 2 aromatic rings. The van der Waals surface area contributed by atoms with E-state index in [-0.39, 0.29) is 0 Å². The number of aliphatic carboxylic acids is 1. The standard InChI is InChI=1S/C18H25N3O2/c1-15-10-8-9-12-17(15)21-14-16(19-20-21)11-6-4-2-3-5-7-13-18(22)23/h8-10,12,14H,2-7,11,13H2,1H3,(H,22,23). The van der Waals surface area contributed by atoms with Crippen LogP contribution in [0.2, 0.25) is 0 Å². The van der Waals surface area contributed by atoms with Crippen LogP contribution in [-0.2, 0) is 11.2 Å². The summed E-state index contributed by atoms with van der Waals surface area (Å²) in [7, 11) is 0.